The van der Waals surface area contributed by atoms with Gasteiger partial charge in [-0.15, -0.1) is 0 Å². The number of rotatable bonds is 9. The molecule has 2 atom stereocenters. The Bertz CT molecular complexity index is 562. The number of hydrogen-bond donors (Lipinski definition) is 1. The molecule has 0 aromatic rings. The van der Waals surface area contributed by atoms with Gasteiger partial charge in [-0.2, -0.15) is 0 Å². The number of carbonyl (C=O) groups excluding carboxylic acids is 3. The second kappa shape index (κ2) is 10.0. The topological polar surface area (TPSA) is 117 Å². The first-order chi connectivity index (χ1) is 12.1. The van der Waals surface area contributed by atoms with Gasteiger partial charge in [0.1, 0.15) is 0 Å². The normalized spacial score (nSPS) is 24.5. The first kappa shape index (κ1) is 22.6. The zero-order valence-corrected chi connectivity index (χ0v) is 16.6. The molecule has 1 aliphatic heterocycles. The van der Waals surface area contributed by atoms with Gasteiger partial charge in [0.15, 0.2) is 0 Å². The van der Waals surface area contributed by atoms with Crippen LogP contribution < -0.4 is 5.32 Å². The van der Waals surface area contributed by atoms with Crippen LogP contribution in [0.1, 0.15) is 40.0 Å². The smallest absolute Gasteiger partial charge is 0.334 e. The fourth-order valence-electron chi connectivity index (χ4n) is 2.38. The Morgan fingerprint density at radius 2 is 1.92 bits per heavy atom. The molecule has 9 nitrogen and oxygen atoms in total. The van der Waals surface area contributed by atoms with Gasteiger partial charge in [0.2, 0.25) is 12.7 Å². The van der Waals surface area contributed by atoms with Crippen molar-refractivity contribution in [1.29, 1.82) is 0 Å². The van der Waals surface area contributed by atoms with Crippen LogP contribution in [-0.4, -0.2) is 51.1 Å². The molecule has 0 aromatic carbocycles. The quantitative estimate of drug-likeness (QED) is 0.358. The molecule has 0 spiro atoms. The lowest BCUT2D eigenvalue weighted by Gasteiger charge is -2.40. The minimum atomic E-state index is -3.57. The van der Waals surface area contributed by atoms with Crippen molar-refractivity contribution in [2.24, 2.45) is 11.3 Å². The minimum Gasteiger partial charge on any atom is -0.469 e. The van der Waals surface area contributed by atoms with Crippen molar-refractivity contribution in [3.63, 3.8) is 0 Å². The minimum absolute atomic E-state index is 0.0490. The third-order valence-electron chi connectivity index (χ3n) is 4.08. The Balaban J connectivity index is 2.60. The van der Waals surface area contributed by atoms with Gasteiger partial charge in [-0.05, 0) is 6.42 Å². The maximum absolute atomic E-state index is 12.7. The van der Waals surface area contributed by atoms with Crippen LogP contribution in [0.4, 0.5) is 0 Å². The predicted molar refractivity (Wildman–Crippen MR) is 92.3 cm³/mol. The van der Waals surface area contributed by atoms with Crippen LogP contribution in [-0.2, 0) is 37.5 Å². The summed E-state index contributed by atoms with van der Waals surface area (Å²) < 4.78 is 32.6. The van der Waals surface area contributed by atoms with Crippen molar-refractivity contribution >= 4 is 25.4 Å². The summed E-state index contributed by atoms with van der Waals surface area (Å²) in [6.45, 7) is 5.18. The lowest BCUT2D eigenvalue weighted by atomic mass is 9.80. The van der Waals surface area contributed by atoms with Gasteiger partial charge in [0.25, 0.3) is 0 Å². The first-order valence-electron chi connectivity index (χ1n) is 8.52. The Labute approximate surface area is 153 Å². The van der Waals surface area contributed by atoms with E-state index in [4.69, 9.17) is 13.8 Å². The molecule has 0 aromatic heterocycles. The highest BCUT2D eigenvalue weighted by Gasteiger charge is 2.47. The fraction of sp³-hybridized carbons (Fsp3) is 0.812. The highest BCUT2D eigenvalue weighted by atomic mass is 31.2. The van der Waals surface area contributed by atoms with Crippen LogP contribution in [0.2, 0.25) is 0 Å². The van der Waals surface area contributed by atoms with Crippen molar-refractivity contribution < 1.29 is 37.5 Å². The average Bonchev–Trinajstić information content (AvgIpc) is 2.57. The SMILES string of the molecule is CCCC(=O)OCOP1(=O)C[C@@H](C(=O)NCCC(=O)OC)C(C)(C)CO1. The number of nitrogens with one attached hydrogen (secondary N) is 1. The molecule has 1 heterocycles. The lowest BCUT2D eigenvalue weighted by Crippen LogP contribution is -2.46. The maximum atomic E-state index is 12.7. The molecule has 10 heteroatoms. The van der Waals surface area contributed by atoms with Crippen molar-refractivity contribution in [3.05, 3.63) is 0 Å². The molecular formula is C16H28NO8P. The van der Waals surface area contributed by atoms with E-state index in [2.05, 4.69) is 10.1 Å². The average molecular weight is 393 g/mol. The van der Waals surface area contributed by atoms with Crippen molar-refractivity contribution in [1.82, 2.24) is 5.32 Å². The van der Waals surface area contributed by atoms with Gasteiger partial charge >= 0.3 is 19.5 Å². The van der Waals surface area contributed by atoms with Crippen molar-refractivity contribution in [2.45, 2.75) is 40.0 Å². The summed E-state index contributed by atoms with van der Waals surface area (Å²) in [5.41, 5.74) is -0.564. The predicted octanol–water partition coefficient (Wildman–Crippen LogP) is 1.85. The van der Waals surface area contributed by atoms with E-state index in [1.807, 2.05) is 20.8 Å². The van der Waals surface area contributed by atoms with E-state index in [9.17, 15) is 18.9 Å². The number of esters is 2. The summed E-state index contributed by atoms with van der Waals surface area (Å²) in [5, 5.41) is 2.64. The van der Waals surface area contributed by atoms with E-state index < -0.39 is 37.7 Å². The number of amides is 1. The number of methoxy groups -OCH3 is 1. The van der Waals surface area contributed by atoms with Gasteiger partial charge in [0, 0.05) is 18.4 Å². The third-order valence-corrected chi connectivity index (χ3v) is 5.91. The molecule has 1 unspecified atom stereocenters. The van der Waals surface area contributed by atoms with Crippen LogP contribution in [0.3, 0.4) is 0 Å². The maximum Gasteiger partial charge on any atom is 0.334 e. The summed E-state index contributed by atoms with van der Waals surface area (Å²) in [6.07, 6.45) is 0.796. The van der Waals surface area contributed by atoms with Gasteiger partial charge in [-0.25, -0.2) is 0 Å². The van der Waals surface area contributed by atoms with Gasteiger partial charge in [-0.1, -0.05) is 20.8 Å². The van der Waals surface area contributed by atoms with Gasteiger partial charge in [-0.3, -0.25) is 23.5 Å². The van der Waals surface area contributed by atoms with Crippen LogP contribution in [0.5, 0.6) is 0 Å². The Kier molecular flexibility index (Phi) is 8.73. The summed E-state index contributed by atoms with van der Waals surface area (Å²) in [7, 11) is -2.29. The highest BCUT2D eigenvalue weighted by molar-refractivity contribution is 7.54. The van der Waals surface area contributed by atoms with Crippen LogP contribution in [0.15, 0.2) is 0 Å². The molecule has 1 aliphatic rings. The first-order valence-corrected chi connectivity index (χ1v) is 10.2. The zero-order valence-electron chi connectivity index (χ0n) is 15.7. The van der Waals surface area contributed by atoms with Crippen LogP contribution in [0.25, 0.3) is 0 Å². The number of carbonyl (C=O) groups is 3. The molecule has 0 aliphatic carbocycles. The summed E-state index contributed by atoms with van der Waals surface area (Å²) in [6, 6.07) is 0. The summed E-state index contributed by atoms with van der Waals surface area (Å²) in [4.78, 5) is 34.9. The van der Waals surface area contributed by atoms with E-state index in [0.29, 0.717) is 6.42 Å². The summed E-state index contributed by atoms with van der Waals surface area (Å²) >= 11 is 0. The molecule has 1 N–H and O–H groups in total. The zero-order chi connectivity index (χ0) is 19.8. The Morgan fingerprint density at radius 3 is 2.54 bits per heavy atom. The van der Waals surface area contributed by atoms with E-state index in [0.717, 1.165) is 0 Å². The number of hydrogen-bond acceptors (Lipinski definition) is 8. The molecule has 1 rings (SSSR count). The van der Waals surface area contributed by atoms with E-state index in [-0.39, 0.29) is 38.1 Å². The highest BCUT2D eigenvalue weighted by Crippen LogP contribution is 2.57. The standard InChI is InChI=1S/C16H28NO8P/c1-5-6-14(19)23-11-25-26(21)9-12(16(2,3)10-24-26)15(20)17-8-7-13(18)22-4/h12H,5-11H2,1-4H3,(H,17,20)/t12-,26?/m0/s1. The van der Waals surface area contributed by atoms with Crippen molar-refractivity contribution in [2.75, 3.05) is 33.2 Å². The second-order valence-electron chi connectivity index (χ2n) is 6.74. The molecule has 0 saturated carbocycles. The lowest BCUT2D eigenvalue weighted by molar-refractivity contribution is -0.151. The third kappa shape index (κ3) is 7.05. The molecule has 0 radical (unpaired) electrons. The largest absolute Gasteiger partial charge is 0.469 e. The van der Waals surface area contributed by atoms with Crippen LogP contribution >= 0.6 is 7.60 Å². The second-order valence-corrected chi connectivity index (χ2v) is 8.84. The molecule has 26 heavy (non-hydrogen) atoms. The van der Waals surface area contributed by atoms with Gasteiger partial charge in [0.05, 0.1) is 32.2 Å². The molecule has 1 amide bonds. The molecule has 0 bridgehead atoms. The van der Waals surface area contributed by atoms with E-state index in [1.165, 1.54) is 7.11 Å². The molecule has 1 fully saturated rings. The van der Waals surface area contributed by atoms with E-state index in [1.54, 1.807) is 0 Å². The summed E-state index contributed by atoms with van der Waals surface area (Å²) in [5.74, 6) is -1.85. The van der Waals surface area contributed by atoms with Crippen molar-refractivity contribution in [3.8, 4) is 0 Å². The fourth-order valence-corrected chi connectivity index (χ4v) is 4.51. The monoisotopic (exact) mass is 393 g/mol. The Morgan fingerprint density at radius 1 is 1.23 bits per heavy atom. The molecule has 1 saturated heterocycles. The Hall–Kier alpha value is -1.44. The van der Waals surface area contributed by atoms with Gasteiger partial charge < -0.3 is 19.3 Å². The van der Waals surface area contributed by atoms with E-state index >= 15 is 0 Å². The van der Waals surface area contributed by atoms with Crippen LogP contribution in [0, 0.1) is 11.3 Å². The molecular weight excluding hydrogens is 365 g/mol. The number of ether oxygens (including phenoxy) is 2. The molecule has 150 valence electrons.